The Balaban J connectivity index is 2.83. The second kappa shape index (κ2) is 3.23. The molecule has 0 aromatic rings. The molecular formula is C7H11BrO3. The fourth-order valence-corrected chi connectivity index (χ4v) is 1.55. The van der Waals surface area contributed by atoms with Crippen molar-refractivity contribution >= 4 is 15.9 Å². The van der Waals surface area contributed by atoms with E-state index in [-0.39, 0.29) is 0 Å². The van der Waals surface area contributed by atoms with Crippen molar-refractivity contribution in [2.45, 2.75) is 30.1 Å². The summed E-state index contributed by atoms with van der Waals surface area (Å²) in [5.41, 5.74) is 0.612. The zero-order valence-electron chi connectivity index (χ0n) is 6.11. The van der Waals surface area contributed by atoms with Gasteiger partial charge in [0.2, 0.25) is 0 Å². The van der Waals surface area contributed by atoms with Crippen LogP contribution in [0, 0.1) is 0 Å². The van der Waals surface area contributed by atoms with E-state index in [1.807, 2.05) is 0 Å². The van der Waals surface area contributed by atoms with Crippen LogP contribution in [0.15, 0.2) is 11.6 Å². The molecular weight excluding hydrogens is 212 g/mol. The summed E-state index contributed by atoms with van der Waals surface area (Å²) in [5.74, 6) is 0. The van der Waals surface area contributed by atoms with E-state index in [0.717, 1.165) is 0 Å². The molecule has 0 fully saturated rings. The van der Waals surface area contributed by atoms with E-state index in [1.54, 1.807) is 6.92 Å². The minimum absolute atomic E-state index is 0.471. The molecule has 0 radical (unpaired) electrons. The first-order chi connectivity index (χ1) is 5.04. The van der Waals surface area contributed by atoms with E-state index >= 15 is 0 Å². The Morgan fingerprint density at radius 3 is 2.45 bits per heavy atom. The molecule has 0 spiro atoms. The summed E-state index contributed by atoms with van der Waals surface area (Å²) >= 11 is 3.08. The summed E-state index contributed by atoms with van der Waals surface area (Å²) in [5, 5.41) is 27.8. The summed E-state index contributed by atoms with van der Waals surface area (Å²) < 4.78 is 0. The van der Waals surface area contributed by atoms with Gasteiger partial charge in [0, 0.05) is 0 Å². The number of halogens is 1. The van der Waals surface area contributed by atoms with Gasteiger partial charge >= 0.3 is 0 Å². The van der Waals surface area contributed by atoms with Crippen LogP contribution >= 0.6 is 15.9 Å². The Morgan fingerprint density at radius 2 is 1.91 bits per heavy atom. The third-order valence-electron chi connectivity index (χ3n) is 1.88. The Morgan fingerprint density at radius 1 is 1.36 bits per heavy atom. The molecule has 0 aliphatic heterocycles. The zero-order valence-corrected chi connectivity index (χ0v) is 7.69. The van der Waals surface area contributed by atoms with Gasteiger partial charge in [0.25, 0.3) is 0 Å². The van der Waals surface area contributed by atoms with Crippen molar-refractivity contribution in [3.05, 3.63) is 11.6 Å². The molecule has 11 heavy (non-hydrogen) atoms. The largest absolute Gasteiger partial charge is 0.389 e. The molecule has 3 N–H and O–H groups in total. The van der Waals surface area contributed by atoms with Crippen molar-refractivity contribution in [1.29, 1.82) is 0 Å². The summed E-state index contributed by atoms with van der Waals surface area (Å²) in [7, 11) is 0. The monoisotopic (exact) mass is 222 g/mol. The van der Waals surface area contributed by atoms with Gasteiger partial charge in [0.1, 0.15) is 6.10 Å². The predicted octanol–water partition coefficient (Wildman–Crippen LogP) is -0.207. The van der Waals surface area contributed by atoms with Gasteiger partial charge in [-0.3, -0.25) is 0 Å². The van der Waals surface area contributed by atoms with Crippen LogP contribution in [0.25, 0.3) is 0 Å². The first-order valence-electron chi connectivity index (χ1n) is 3.40. The van der Waals surface area contributed by atoms with Gasteiger partial charge in [-0.1, -0.05) is 22.0 Å². The molecule has 0 amide bonds. The number of aliphatic hydroxyl groups excluding tert-OH is 3. The van der Waals surface area contributed by atoms with Gasteiger partial charge < -0.3 is 15.3 Å². The van der Waals surface area contributed by atoms with Gasteiger partial charge in [-0.25, -0.2) is 0 Å². The van der Waals surface area contributed by atoms with E-state index in [0.29, 0.717) is 5.57 Å². The second-order valence-electron chi connectivity index (χ2n) is 2.78. The highest BCUT2D eigenvalue weighted by Crippen LogP contribution is 2.24. The maximum atomic E-state index is 9.29. The third kappa shape index (κ3) is 1.64. The summed E-state index contributed by atoms with van der Waals surface area (Å²) in [6.45, 7) is 1.68. The Bertz CT molecular complexity index is 181. The highest BCUT2D eigenvalue weighted by Gasteiger charge is 2.34. The van der Waals surface area contributed by atoms with Crippen molar-refractivity contribution < 1.29 is 15.3 Å². The number of alkyl halides is 1. The molecule has 0 aromatic heterocycles. The molecule has 1 aliphatic rings. The minimum Gasteiger partial charge on any atom is -0.389 e. The molecule has 0 saturated heterocycles. The van der Waals surface area contributed by atoms with Gasteiger partial charge in [-0.05, 0) is 12.5 Å². The predicted molar refractivity (Wildman–Crippen MR) is 44.5 cm³/mol. The lowest BCUT2D eigenvalue weighted by atomic mass is 9.93. The van der Waals surface area contributed by atoms with Crippen molar-refractivity contribution in [2.24, 2.45) is 0 Å². The average Bonchev–Trinajstić information content (AvgIpc) is 1.97. The van der Waals surface area contributed by atoms with E-state index in [9.17, 15) is 15.3 Å². The molecule has 3 nitrogen and oxygen atoms in total. The first kappa shape index (κ1) is 9.19. The van der Waals surface area contributed by atoms with Crippen LogP contribution in [-0.2, 0) is 0 Å². The third-order valence-corrected chi connectivity index (χ3v) is 2.96. The van der Waals surface area contributed by atoms with Gasteiger partial charge in [-0.15, -0.1) is 0 Å². The van der Waals surface area contributed by atoms with Crippen LogP contribution in [0.1, 0.15) is 6.92 Å². The summed E-state index contributed by atoms with van der Waals surface area (Å²) in [4.78, 5) is -0.471. The smallest absolute Gasteiger partial charge is 0.102 e. The molecule has 4 heteroatoms. The Hall–Kier alpha value is 0.100. The fraction of sp³-hybridized carbons (Fsp3) is 0.714. The lowest BCUT2D eigenvalue weighted by molar-refractivity contribution is 0.0107. The SMILES string of the molecule is CC1=C[C@H](O)[C@@H](Br)[C@@H](O)[C@@H]1O. The molecule has 0 saturated carbocycles. The number of aliphatic hydroxyl groups is 3. The summed E-state index contributed by atoms with van der Waals surface area (Å²) in [6, 6.07) is 0. The highest BCUT2D eigenvalue weighted by atomic mass is 79.9. The molecule has 4 atom stereocenters. The van der Waals surface area contributed by atoms with Crippen molar-refractivity contribution in [3.8, 4) is 0 Å². The normalized spacial score (nSPS) is 45.4. The standard InChI is InChI=1S/C7H11BrO3/c1-3-2-4(9)5(8)7(11)6(3)10/h2,4-7,9-11H,1H3/t4-,5+,6+,7+/m0/s1. The van der Waals surface area contributed by atoms with Crippen LogP contribution in [-0.4, -0.2) is 38.5 Å². The van der Waals surface area contributed by atoms with Crippen LogP contribution in [0.2, 0.25) is 0 Å². The van der Waals surface area contributed by atoms with Gasteiger partial charge in [0.15, 0.2) is 0 Å². The van der Waals surface area contributed by atoms with Gasteiger partial charge in [0.05, 0.1) is 17.0 Å². The topological polar surface area (TPSA) is 60.7 Å². The van der Waals surface area contributed by atoms with E-state index in [4.69, 9.17) is 0 Å². The maximum absolute atomic E-state index is 9.29. The molecule has 1 aliphatic carbocycles. The number of rotatable bonds is 0. The fourth-order valence-electron chi connectivity index (χ4n) is 1.11. The number of hydrogen-bond donors (Lipinski definition) is 3. The lowest BCUT2D eigenvalue weighted by Crippen LogP contribution is -2.44. The number of hydrogen-bond acceptors (Lipinski definition) is 3. The van der Waals surface area contributed by atoms with Crippen molar-refractivity contribution in [1.82, 2.24) is 0 Å². The van der Waals surface area contributed by atoms with Crippen LogP contribution < -0.4 is 0 Å². The Kier molecular flexibility index (Phi) is 2.70. The lowest BCUT2D eigenvalue weighted by Gasteiger charge is -2.30. The molecule has 64 valence electrons. The maximum Gasteiger partial charge on any atom is 0.102 e. The molecule has 1 rings (SSSR count). The zero-order chi connectivity index (χ0) is 8.59. The molecule has 0 heterocycles. The molecule has 0 bridgehead atoms. The van der Waals surface area contributed by atoms with Crippen LogP contribution in [0.4, 0.5) is 0 Å². The van der Waals surface area contributed by atoms with Crippen LogP contribution in [0.3, 0.4) is 0 Å². The van der Waals surface area contributed by atoms with Crippen molar-refractivity contribution in [2.75, 3.05) is 0 Å². The average molecular weight is 223 g/mol. The van der Waals surface area contributed by atoms with Crippen molar-refractivity contribution in [3.63, 3.8) is 0 Å². The van der Waals surface area contributed by atoms with E-state index in [1.165, 1.54) is 6.08 Å². The van der Waals surface area contributed by atoms with E-state index in [2.05, 4.69) is 15.9 Å². The van der Waals surface area contributed by atoms with Gasteiger partial charge in [-0.2, -0.15) is 0 Å². The van der Waals surface area contributed by atoms with E-state index < -0.39 is 23.1 Å². The highest BCUT2D eigenvalue weighted by molar-refractivity contribution is 9.09. The summed E-state index contributed by atoms with van der Waals surface area (Å²) in [6.07, 6.45) is -0.956. The first-order valence-corrected chi connectivity index (χ1v) is 4.32. The Labute approximate surface area is 73.5 Å². The second-order valence-corrected chi connectivity index (χ2v) is 3.84. The minimum atomic E-state index is -0.921. The molecule has 0 aromatic carbocycles. The quantitative estimate of drug-likeness (QED) is 0.393. The molecule has 0 unspecified atom stereocenters. The van der Waals surface area contributed by atoms with Crippen LogP contribution in [0.5, 0.6) is 0 Å².